The van der Waals surface area contributed by atoms with Crippen LogP contribution in [0.2, 0.25) is 0 Å². The smallest absolute Gasteiger partial charge is 0.223 e. The summed E-state index contributed by atoms with van der Waals surface area (Å²) in [5, 5.41) is 0. The predicted octanol–water partition coefficient (Wildman–Crippen LogP) is 2.23. The summed E-state index contributed by atoms with van der Waals surface area (Å²) in [6.07, 6.45) is 1.45. The number of benzene rings is 2. The molecule has 0 bridgehead atoms. The van der Waals surface area contributed by atoms with Crippen molar-refractivity contribution < 1.29 is 4.79 Å². The molecule has 2 N–H and O–H groups in total. The Morgan fingerprint density at radius 3 is 2.18 bits per heavy atom. The van der Waals surface area contributed by atoms with E-state index in [9.17, 15) is 4.79 Å². The van der Waals surface area contributed by atoms with Gasteiger partial charge in [0.15, 0.2) is 0 Å². The van der Waals surface area contributed by atoms with Gasteiger partial charge in [-0.2, -0.15) is 0 Å². The minimum absolute atomic E-state index is 0.215. The summed E-state index contributed by atoms with van der Waals surface area (Å²) in [5.74, 6) is 0.215. The molecular formula is C23H32N4O. The third kappa shape index (κ3) is 6.08. The first kappa shape index (κ1) is 20.4. The van der Waals surface area contributed by atoms with Crippen molar-refractivity contribution in [3.05, 3.63) is 66.2 Å². The molecule has 1 amide bonds. The normalized spacial score (nSPS) is 14.8. The predicted molar refractivity (Wildman–Crippen MR) is 115 cm³/mol. The Hall–Kier alpha value is -2.37. The van der Waals surface area contributed by atoms with E-state index in [1.807, 2.05) is 23.1 Å². The van der Waals surface area contributed by atoms with Crippen molar-refractivity contribution in [3.63, 3.8) is 0 Å². The second-order valence-electron chi connectivity index (χ2n) is 7.32. The van der Waals surface area contributed by atoms with E-state index in [4.69, 9.17) is 5.73 Å². The molecule has 0 radical (unpaired) electrons. The lowest BCUT2D eigenvalue weighted by molar-refractivity contribution is -0.131. The van der Waals surface area contributed by atoms with E-state index in [2.05, 4.69) is 52.3 Å². The SMILES string of the molecule is NCCN(CCc1ccccc1)C(=O)CCN1CCN(c2ccccc2)CC1. The average Bonchev–Trinajstić information content (AvgIpc) is 2.76. The molecule has 1 saturated heterocycles. The van der Waals surface area contributed by atoms with Crippen LogP contribution in [0.5, 0.6) is 0 Å². The van der Waals surface area contributed by atoms with Crippen molar-refractivity contribution in [2.24, 2.45) is 5.73 Å². The minimum Gasteiger partial charge on any atom is -0.369 e. The van der Waals surface area contributed by atoms with Gasteiger partial charge in [0.1, 0.15) is 0 Å². The summed E-state index contributed by atoms with van der Waals surface area (Å²) in [7, 11) is 0. The lowest BCUT2D eigenvalue weighted by atomic mass is 10.1. The molecule has 150 valence electrons. The first-order valence-corrected chi connectivity index (χ1v) is 10.3. The Morgan fingerprint density at radius 2 is 1.54 bits per heavy atom. The van der Waals surface area contributed by atoms with Gasteiger partial charge in [-0.15, -0.1) is 0 Å². The molecule has 0 unspecified atom stereocenters. The van der Waals surface area contributed by atoms with Crippen LogP contribution in [0.4, 0.5) is 5.69 Å². The minimum atomic E-state index is 0.215. The van der Waals surface area contributed by atoms with Gasteiger partial charge in [-0.25, -0.2) is 0 Å². The van der Waals surface area contributed by atoms with Gasteiger partial charge in [0.05, 0.1) is 0 Å². The molecule has 2 aromatic carbocycles. The van der Waals surface area contributed by atoms with E-state index >= 15 is 0 Å². The molecule has 0 saturated carbocycles. The highest BCUT2D eigenvalue weighted by Crippen LogP contribution is 2.15. The van der Waals surface area contributed by atoms with Gasteiger partial charge in [0.25, 0.3) is 0 Å². The molecule has 28 heavy (non-hydrogen) atoms. The maximum atomic E-state index is 12.7. The zero-order valence-electron chi connectivity index (χ0n) is 16.7. The maximum Gasteiger partial charge on any atom is 0.223 e. The largest absolute Gasteiger partial charge is 0.369 e. The van der Waals surface area contributed by atoms with Gasteiger partial charge in [0, 0.05) is 64.5 Å². The number of hydrogen-bond acceptors (Lipinski definition) is 4. The van der Waals surface area contributed by atoms with E-state index in [0.717, 1.165) is 45.7 Å². The molecule has 3 rings (SSSR count). The van der Waals surface area contributed by atoms with Crippen molar-refractivity contribution in [3.8, 4) is 0 Å². The number of piperazine rings is 1. The number of anilines is 1. The molecule has 0 aromatic heterocycles. The fourth-order valence-electron chi connectivity index (χ4n) is 3.71. The summed E-state index contributed by atoms with van der Waals surface area (Å²) in [5.41, 5.74) is 8.28. The van der Waals surface area contributed by atoms with Crippen molar-refractivity contribution in [1.82, 2.24) is 9.80 Å². The van der Waals surface area contributed by atoms with Crippen LogP contribution in [-0.2, 0) is 11.2 Å². The molecule has 1 aliphatic rings. The molecule has 0 spiro atoms. The van der Waals surface area contributed by atoms with Crippen LogP contribution in [0.15, 0.2) is 60.7 Å². The van der Waals surface area contributed by atoms with Crippen molar-refractivity contribution in [2.45, 2.75) is 12.8 Å². The molecule has 5 nitrogen and oxygen atoms in total. The fraction of sp³-hybridized carbons (Fsp3) is 0.435. The number of nitrogens with two attached hydrogens (primary N) is 1. The number of amides is 1. The number of carbonyl (C=O) groups excluding carboxylic acids is 1. The summed E-state index contributed by atoms with van der Waals surface area (Å²) < 4.78 is 0. The highest BCUT2D eigenvalue weighted by Gasteiger charge is 2.19. The zero-order chi connectivity index (χ0) is 19.6. The fourth-order valence-corrected chi connectivity index (χ4v) is 3.71. The van der Waals surface area contributed by atoms with Gasteiger partial charge < -0.3 is 15.5 Å². The summed E-state index contributed by atoms with van der Waals surface area (Å²) in [6.45, 7) is 6.74. The molecule has 0 aliphatic carbocycles. The first-order valence-electron chi connectivity index (χ1n) is 10.3. The molecular weight excluding hydrogens is 348 g/mol. The van der Waals surface area contributed by atoms with E-state index < -0.39 is 0 Å². The molecule has 1 aliphatic heterocycles. The van der Waals surface area contributed by atoms with Gasteiger partial charge in [0.2, 0.25) is 5.91 Å². The highest BCUT2D eigenvalue weighted by atomic mass is 16.2. The number of rotatable bonds is 9. The number of nitrogens with zero attached hydrogens (tertiary/aromatic N) is 3. The van der Waals surface area contributed by atoms with Crippen molar-refractivity contribution >= 4 is 11.6 Å². The lowest BCUT2D eigenvalue weighted by Crippen LogP contribution is -2.47. The van der Waals surface area contributed by atoms with Crippen molar-refractivity contribution in [1.29, 1.82) is 0 Å². The maximum absolute atomic E-state index is 12.7. The van der Waals surface area contributed by atoms with Crippen LogP contribution in [0.1, 0.15) is 12.0 Å². The van der Waals surface area contributed by atoms with Gasteiger partial charge >= 0.3 is 0 Å². The summed E-state index contributed by atoms with van der Waals surface area (Å²) in [4.78, 5) is 19.5. The second-order valence-corrected chi connectivity index (χ2v) is 7.32. The van der Waals surface area contributed by atoms with E-state index in [1.165, 1.54) is 11.3 Å². The van der Waals surface area contributed by atoms with Crippen LogP contribution in [0.25, 0.3) is 0 Å². The third-order valence-electron chi connectivity index (χ3n) is 5.40. The lowest BCUT2D eigenvalue weighted by Gasteiger charge is -2.36. The molecule has 1 heterocycles. The molecule has 5 heteroatoms. The first-order chi connectivity index (χ1) is 13.8. The van der Waals surface area contributed by atoms with Crippen LogP contribution >= 0.6 is 0 Å². The quantitative estimate of drug-likeness (QED) is 0.725. The van der Waals surface area contributed by atoms with Crippen LogP contribution in [-0.4, -0.2) is 68.1 Å². The molecule has 2 aromatic rings. The Labute approximate surface area is 168 Å². The highest BCUT2D eigenvalue weighted by molar-refractivity contribution is 5.76. The van der Waals surface area contributed by atoms with Gasteiger partial charge in [-0.05, 0) is 24.1 Å². The van der Waals surface area contributed by atoms with E-state index in [-0.39, 0.29) is 5.91 Å². The summed E-state index contributed by atoms with van der Waals surface area (Å²) >= 11 is 0. The number of para-hydroxylation sites is 1. The van der Waals surface area contributed by atoms with Gasteiger partial charge in [-0.1, -0.05) is 48.5 Å². The Morgan fingerprint density at radius 1 is 0.893 bits per heavy atom. The topological polar surface area (TPSA) is 52.8 Å². The van der Waals surface area contributed by atoms with Crippen molar-refractivity contribution in [2.75, 3.05) is 57.3 Å². The standard InChI is InChI=1S/C23H32N4O/c24-13-16-27(15-11-21-7-3-1-4-8-21)23(28)12-14-25-17-19-26(20-18-25)22-9-5-2-6-10-22/h1-10H,11-20,24H2. The second kappa shape index (κ2) is 10.8. The van der Waals surface area contributed by atoms with Crippen LogP contribution in [0, 0.1) is 0 Å². The van der Waals surface area contributed by atoms with E-state index in [0.29, 0.717) is 19.5 Å². The Kier molecular flexibility index (Phi) is 7.88. The number of hydrogen-bond donors (Lipinski definition) is 1. The average molecular weight is 381 g/mol. The molecule has 1 fully saturated rings. The van der Waals surface area contributed by atoms with Gasteiger partial charge in [-0.3, -0.25) is 9.69 Å². The van der Waals surface area contributed by atoms with Crippen LogP contribution in [0.3, 0.4) is 0 Å². The molecule has 0 atom stereocenters. The van der Waals surface area contributed by atoms with Crippen LogP contribution < -0.4 is 10.6 Å². The number of carbonyl (C=O) groups is 1. The monoisotopic (exact) mass is 380 g/mol. The Balaban J connectivity index is 1.41. The summed E-state index contributed by atoms with van der Waals surface area (Å²) in [6, 6.07) is 20.9. The van der Waals surface area contributed by atoms with E-state index in [1.54, 1.807) is 0 Å². The zero-order valence-corrected chi connectivity index (χ0v) is 16.7. The third-order valence-corrected chi connectivity index (χ3v) is 5.40. The Bertz CT molecular complexity index is 699.